The van der Waals surface area contributed by atoms with Gasteiger partial charge in [-0.2, -0.15) is 0 Å². The molecular weight excluding hydrogens is 380 g/mol. The Hall–Kier alpha value is -1.83. The quantitative estimate of drug-likeness (QED) is 0.377. The van der Waals surface area contributed by atoms with E-state index >= 15 is 0 Å². The summed E-state index contributed by atoms with van der Waals surface area (Å²) in [6.07, 6.45) is 1.68. The fourth-order valence-corrected chi connectivity index (χ4v) is 3.97. The third-order valence-corrected chi connectivity index (χ3v) is 5.85. The second kappa shape index (κ2) is 13.5. The minimum atomic E-state index is -0.617. The summed E-state index contributed by atoms with van der Waals surface area (Å²) in [6, 6.07) is 7.90. The predicted octanol–water partition coefficient (Wildman–Crippen LogP) is 2.42. The van der Waals surface area contributed by atoms with Crippen LogP contribution in [-0.4, -0.2) is 75.1 Å². The molecule has 0 saturated carbocycles. The van der Waals surface area contributed by atoms with Crippen LogP contribution in [0, 0.1) is 5.92 Å². The molecule has 1 saturated heterocycles. The monoisotopic (exact) mass is 420 g/mol. The van der Waals surface area contributed by atoms with Gasteiger partial charge >= 0.3 is 0 Å². The zero-order valence-corrected chi connectivity index (χ0v) is 19.1. The highest BCUT2D eigenvalue weighted by Crippen LogP contribution is 2.21. The number of methoxy groups -OCH3 is 1. The van der Waals surface area contributed by atoms with Crippen molar-refractivity contribution in [2.45, 2.75) is 45.8 Å². The van der Waals surface area contributed by atoms with E-state index in [0.29, 0.717) is 18.5 Å². The molecule has 30 heavy (non-hydrogen) atoms. The van der Waals surface area contributed by atoms with Crippen LogP contribution in [0.5, 0.6) is 5.75 Å². The van der Waals surface area contributed by atoms with Crippen LogP contribution in [0.4, 0.5) is 0 Å². The largest absolute Gasteiger partial charge is 0.497 e. The molecule has 0 bridgehead atoms. The van der Waals surface area contributed by atoms with Gasteiger partial charge in [-0.15, -0.1) is 0 Å². The highest BCUT2D eigenvalue weighted by Gasteiger charge is 2.26. The summed E-state index contributed by atoms with van der Waals surface area (Å²) >= 11 is 0. The molecule has 7 nitrogen and oxygen atoms in total. The second-order valence-corrected chi connectivity index (χ2v) is 7.68. The van der Waals surface area contributed by atoms with Gasteiger partial charge in [0.05, 0.1) is 33.0 Å². The molecule has 0 amide bonds. The van der Waals surface area contributed by atoms with Crippen LogP contribution in [0.2, 0.25) is 0 Å². The standard InChI is InChI=1S/C23H40N4O3/c1-5-18(6-2)21(27-12-14-30-15-13-27)16-25-23(24-7-3)26-17-22(28)19-8-10-20(29-4)11-9-19/h8-11,18,21-22,28H,5-7,12-17H2,1-4H3,(H2,24,25,26). The van der Waals surface area contributed by atoms with Gasteiger partial charge in [-0.1, -0.05) is 38.8 Å². The molecule has 170 valence electrons. The Morgan fingerprint density at radius 1 is 1.13 bits per heavy atom. The Morgan fingerprint density at radius 3 is 2.37 bits per heavy atom. The molecule has 0 spiro atoms. The Bertz CT molecular complexity index is 613. The maximum atomic E-state index is 10.5. The lowest BCUT2D eigenvalue weighted by Gasteiger charge is -2.38. The normalized spacial score (nSPS) is 17.6. The molecule has 1 heterocycles. The van der Waals surface area contributed by atoms with Crippen molar-refractivity contribution in [3.05, 3.63) is 29.8 Å². The third-order valence-electron chi connectivity index (χ3n) is 5.85. The number of nitrogens with one attached hydrogen (secondary N) is 2. The van der Waals surface area contributed by atoms with Crippen molar-refractivity contribution in [1.29, 1.82) is 0 Å². The van der Waals surface area contributed by atoms with Gasteiger partial charge in [0.25, 0.3) is 0 Å². The van der Waals surface area contributed by atoms with Gasteiger partial charge in [-0.3, -0.25) is 9.89 Å². The minimum Gasteiger partial charge on any atom is -0.497 e. The lowest BCUT2D eigenvalue weighted by Crippen LogP contribution is -2.49. The molecule has 1 aliphatic rings. The van der Waals surface area contributed by atoms with Crippen LogP contribution in [0.3, 0.4) is 0 Å². The number of aliphatic hydroxyl groups excluding tert-OH is 1. The average Bonchev–Trinajstić information content (AvgIpc) is 2.80. The highest BCUT2D eigenvalue weighted by molar-refractivity contribution is 5.79. The zero-order valence-electron chi connectivity index (χ0n) is 19.1. The molecule has 3 N–H and O–H groups in total. The second-order valence-electron chi connectivity index (χ2n) is 7.68. The van der Waals surface area contributed by atoms with E-state index in [1.165, 1.54) is 0 Å². The van der Waals surface area contributed by atoms with Gasteiger partial charge in [-0.05, 0) is 30.5 Å². The Balaban J connectivity index is 2.00. The lowest BCUT2D eigenvalue weighted by atomic mass is 9.92. The Morgan fingerprint density at radius 2 is 1.80 bits per heavy atom. The first kappa shape index (κ1) is 24.4. The molecule has 0 aromatic heterocycles. The van der Waals surface area contributed by atoms with Gasteiger partial charge in [0.2, 0.25) is 0 Å². The van der Waals surface area contributed by atoms with Crippen LogP contribution in [0.15, 0.2) is 29.3 Å². The van der Waals surface area contributed by atoms with Crippen molar-refractivity contribution < 1.29 is 14.6 Å². The highest BCUT2D eigenvalue weighted by atomic mass is 16.5. The first-order valence-electron chi connectivity index (χ1n) is 11.3. The van der Waals surface area contributed by atoms with Gasteiger partial charge in [-0.25, -0.2) is 0 Å². The number of hydrogen-bond donors (Lipinski definition) is 3. The number of nitrogens with zero attached hydrogens (tertiary/aromatic N) is 2. The molecule has 1 aliphatic heterocycles. The minimum absolute atomic E-state index is 0.394. The van der Waals surface area contributed by atoms with Crippen molar-refractivity contribution in [3.63, 3.8) is 0 Å². The number of guanidine groups is 1. The van der Waals surface area contributed by atoms with E-state index in [9.17, 15) is 5.11 Å². The lowest BCUT2D eigenvalue weighted by molar-refractivity contribution is 0.00395. The number of hydrogen-bond acceptors (Lipinski definition) is 5. The average molecular weight is 421 g/mol. The molecule has 2 atom stereocenters. The summed E-state index contributed by atoms with van der Waals surface area (Å²) in [6.45, 7) is 12.0. The first-order chi connectivity index (χ1) is 14.6. The van der Waals surface area contributed by atoms with Gasteiger partial charge in [0, 0.05) is 32.2 Å². The summed E-state index contributed by atoms with van der Waals surface area (Å²) in [5, 5.41) is 17.1. The number of ether oxygens (including phenoxy) is 2. The van der Waals surface area contributed by atoms with E-state index in [1.54, 1.807) is 7.11 Å². The molecule has 1 aromatic rings. The van der Waals surface area contributed by atoms with Crippen LogP contribution < -0.4 is 15.4 Å². The van der Waals surface area contributed by atoms with E-state index in [1.807, 2.05) is 24.3 Å². The molecule has 0 radical (unpaired) electrons. The van der Waals surface area contributed by atoms with E-state index in [-0.39, 0.29) is 0 Å². The van der Waals surface area contributed by atoms with Crippen molar-refractivity contribution in [2.75, 3.05) is 53.0 Å². The summed E-state index contributed by atoms with van der Waals surface area (Å²) in [5.74, 6) is 2.14. The molecule has 2 rings (SSSR count). The van der Waals surface area contributed by atoms with Gasteiger partial charge < -0.3 is 25.2 Å². The van der Waals surface area contributed by atoms with Crippen LogP contribution in [-0.2, 0) is 4.74 Å². The fourth-order valence-electron chi connectivity index (χ4n) is 3.97. The molecule has 1 fully saturated rings. The van der Waals surface area contributed by atoms with E-state index in [4.69, 9.17) is 14.5 Å². The van der Waals surface area contributed by atoms with Crippen molar-refractivity contribution in [3.8, 4) is 5.75 Å². The van der Waals surface area contributed by atoms with E-state index < -0.39 is 6.10 Å². The number of aliphatic hydroxyl groups is 1. The smallest absolute Gasteiger partial charge is 0.191 e. The van der Waals surface area contributed by atoms with Crippen molar-refractivity contribution in [2.24, 2.45) is 10.9 Å². The fraction of sp³-hybridized carbons (Fsp3) is 0.696. The number of rotatable bonds is 11. The Labute approximate surface area is 181 Å². The van der Waals surface area contributed by atoms with Crippen molar-refractivity contribution >= 4 is 5.96 Å². The molecule has 2 unspecified atom stereocenters. The number of morpholine rings is 1. The summed E-state index contributed by atoms with van der Waals surface area (Å²) in [7, 11) is 1.64. The maximum Gasteiger partial charge on any atom is 0.191 e. The zero-order chi connectivity index (χ0) is 21.8. The molecule has 1 aromatic carbocycles. The summed E-state index contributed by atoms with van der Waals surface area (Å²) in [5.41, 5.74) is 0.849. The van der Waals surface area contributed by atoms with Crippen LogP contribution >= 0.6 is 0 Å². The molecule has 7 heteroatoms. The van der Waals surface area contributed by atoms with E-state index in [0.717, 1.165) is 69.5 Å². The number of benzene rings is 1. The van der Waals surface area contributed by atoms with Crippen LogP contribution in [0.1, 0.15) is 45.3 Å². The Kier molecular flexibility index (Phi) is 11.0. The van der Waals surface area contributed by atoms with Gasteiger partial charge in [0.15, 0.2) is 5.96 Å². The topological polar surface area (TPSA) is 78.4 Å². The molecular formula is C23H40N4O3. The summed E-state index contributed by atoms with van der Waals surface area (Å²) < 4.78 is 10.7. The van der Waals surface area contributed by atoms with Crippen LogP contribution in [0.25, 0.3) is 0 Å². The van der Waals surface area contributed by atoms with Gasteiger partial charge in [0.1, 0.15) is 5.75 Å². The predicted molar refractivity (Wildman–Crippen MR) is 122 cm³/mol. The first-order valence-corrected chi connectivity index (χ1v) is 11.3. The number of aliphatic imine (C=N–C) groups is 1. The maximum absolute atomic E-state index is 10.5. The summed E-state index contributed by atoms with van der Waals surface area (Å²) in [4.78, 5) is 7.41. The van der Waals surface area contributed by atoms with Crippen molar-refractivity contribution in [1.82, 2.24) is 15.5 Å². The van der Waals surface area contributed by atoms with E-state index in [2.05, 4.69) is 36.3 Å². The SMILES string of the molecule is CCNC(=NCC(C(CC)CC)N1CCOCC1)NCC(O)c1ccc(OC)cc1. The molecule has 0 aliphatic carbocycles. The third kappa shape index (κ3) is 7.45.